The van der Waals surface area contributed by atoms with Crippen molar-refractivity contribution in [1.29, 1.82) is 0 Å². The molecule has 0 spiro atoms. The van der Waals surface area contributed by atoms with Gasteiger partial charge in [-0.25, -0.2) is 4.79 Å². The smallest absolute Gasteiger partial charge is 0.329 e. The van der Waals surface area contributed by atoms with E-state index in [-0.39, 0.29) is 0 Å². The van der Waals surface area contributed by atoms with Gasteiger partial charge in [-0.1, -0.05) is 70.4 Å². The Labute approximate surface area is 153 Å². The Morgan fingerprint density at radius 3 is 1.48 bits per heavy atom. The van der Waals surface area contributed by atoms with Gasteiger partial charge in [0.15, 0.2) is 0 Å². The molecule has 0 aromatic rings. The third-order valence-electron chi connectivity index (χ3n) is 3.79. The first-order valence-corrected chi connectivity index (χ1v) is 9.74. The van der Waals surface area contributed by atoms with E-state index in [2.05, 4.69) is 19.1 Å². The van der Waals surface area contributed by atoms with Crippen molar-refractivity contribution in [3.8, 4) is 0 Å². The summed E-state index contributed by atoms with van der Waals surface area (Å²) in [6.07, 6.45) is 21.3. The van der Waals surface area contributed by atoms with E-state index in [4.69, 9.17) is 20.1 Å². The molecule has 0 atom stereocenters. The summed E-state index contributed by atoms with van der Waals surface area (Å²) in [4.78, 5) is 19.4. The van der Waals surface area contributed by atoms with Crippen molar-refractivity contribution in [1.82, 2.24) is 0 Å². The number of hydrogen-bond acceptors (Lipinski definition) is 3. The zero-order valence-corrected chi connectivity index (χ0v) is 15.9. The minimum Gasteiger partial charge on any atom is -0.481 e. The molecule has 5 nitrogen and oxygen atoms in total. The van der Waals surface area contributed by atoms with E-state index in [1.54, 1.807) is 0 Å². The van der Waals surface area contributed by atoms with Crippen molar-refractivity contribution >= 4 is 11.9 Å². The number of aliphatic carboxylic acids is 2. The average Bonchev–Trinajstić information content (AvgIpc) is 2.58. The van der Waals surface area contributed by atoms with Crippen LogP contribution in [-0.4, -0.2) is 33.9 Å². The van der Waals surface area contributed by atoms with Gasteiger partial charge in [-0.2, -0.15) is 0 Å². The molecule has 0 saturated heterocycles. The quantitative estimate of drug-likeness (QED) is 0.261. The summed E-state index contributed by atoms with van der Waals surface area (Å²) in [5.41, 5.74) is 0. The van der Waals surface area contributed by atoms with Crippen LogP contribution < -0.4 is 0 Å². The lowest BCUT2D eigenvalue weighted by atomic mass is 10.1. The second kappa shape index (κ2) is 22.6. The molecule has 0 unspecified atom stereocenters. The number of allylic oxidation sites excluding steroid dienone is 2. The maximum Gasteiger partial charge on any atom is 0.329 e. The highest BCUT2D eigenvalue weighted by Gasteiger charge is 1.94. The first-order valence-electron chi connectivity index (χ1n) is 9.74. The summed E-state index contributed by atoms with van der Waals surface area (Å²) in [5, 5.41) is 23.5. The van der Waals surface area contributed by atoms with Crippen molar-refractivity contribution in [2.75, 3.05) is 6.61 Å². The van der Waals surface area contributed by atoms with Crippen LogP contribution in [-0.2, 0) is 9.59 Å². The highest BCUT2D eigenvalue weighted by Crippen LogP contribution is 2.11. The summed E-state index contributed by atoms with van der Waals surface area (Å²) in [6.45, 7) is 1.49. The number of aliphatic hydroxyl groups is 1. The van der Waals surface area contributed by atoms with Gasteiger partial charge >= 0.3 is 11.9 Å². The Kier molecular flexibility index (Phi) is 23.4. The van der Waals surface area contributed by atoms with E-state index < -0.39 is 18.5 Å². The van der Waals surface area contributed by atoms with Crippen molar-refractivity contribution in [2.45, 2.75) is 96.8 Å². The van der Waals surface area contributed by atoms with Crippen LogP contribution in [0.25, 0.3) is 0 Å². The molecule has 25 heavy (non-hydrogen) atoms. The van der Waals surface area contributed by atoms with Gasteiger partial charge in [-0.05, 0) is 32.1 Å². The molecule has 3 N–H and O–H groups in total. The minimum absolute atomic E-state index is 0.312. The SMILES string of the molecule is CCCCCCCCCCCC=CCCCCC(=O)O.O=C(O)CO. The number of carboxylic acids is 2. The molecule has 0 amide bonds. The molecule has 0 aromatic carbocycles. The van der Waals surface area contributed by atoms with Crippen molar-refractivity contribution in [3.05, 3.63) is 12.2 Å². The summed E-state index contributed by atoms with van der Waals surface area (Å²) in [7, 11) is 0. The van der Waals surface area contributed by atoms with Gasteiger partial charge in [-0.15, -0.1) is 0 Å². The standard InChI is InChI=1S/C18H34O2.C2H4O3/c1-2-3-4-5-6-7-8-9-10-11-12-13-14-15-16-17-18(19)20;3-1-2(4)5/h12-13H,2-11,14-17H2,1H3,(H,19,20);3H,1H2,(H,4,5). The van der Waals surface area contributed by atoms with Gasteiger partial charge in [0, 0.05) is 6.42 Å². The highest BCUT2D eigenvalue weighted by molar-refractivity contribution is 5.67. The van der Waals surface area contributed by atoms with Crippen LogP contribution in [0.4, 0.5) is 0 Å². The summed E-state index contributed by atoms with van der Waals surface area (Å²) in [6, 6.07) is 0. The van der Waals surface area contributed by atoms with E-state index in [1.807, 2.05) is 0 Å². The second-order valence-corrected chi connectivity index (χ2v) is 6.28. The third kappa shape index (κ3) is 31.0. The number of rotatable bonds is 16. The van der Waals surface area contributed by atoms with Gasteiger partial charge in [-0.3, -0.25) is 4.79 Å². The average molecular weight is 359 g/mol. The molecular formula is C20H38O5. The van der Waals surface area contributed by atoms with Crippen LogP contribution in [0.5, 0.6) is 0 Å². The minimum atomic E-state index is -1.19. The number of carbonyl (C=O) groups is 2. The van der Waals surface area contributed by atoms with Crippen molar-refractivity contribution in [2.24, 2.45) is 0 Å². The molecule has 0 saturated carbocycles. The maximum atomic E-state index is 10.3. The molecule has 0 aliphatic rings. The van der Waals surface area contributed by atoms with Crippen LogP contribution in [0.3, 0.4) is 0 Å². The summed E-state index contributed by atoms with van der Waals surface area (Å²) in [5.74, 6) is -1.87. The first kappa shape index (κ1) is 25.9. The number of aliphatic hydroxyl groups excluding tert-OH is 1. The molecule has 0 rings (SSSR count). The second-order valence-electron chi connectivity index (χ2n) is 6.28. The zero-order chi connectivity index (χ0) is 19.2. The van der Waals surface area contributed by atoms with Crippen LogP contribution >= 0.6 is 0 Å². The monoisotopic (exact) mass is 358 g/mol. The van der Waals surface area contributed by atoms with E-state index in [0.717, 1.165) is 19.3 Å². The third-order valence-corrected chi connectivity index (χ3v) is 3.79. The summed E-state index contributed by atoms with van der Waals surface area (Å²) >= 11 is 0. The lowest BCUT2D eigenvalue weighted by Crippen LogP contribution is -1.98. The van der Waals surface area contributed by atoms with Crippen LogP contribution in [0.1, 0.15) is 96.8 Å². The maximum absolute atomic E-state index is 10.3. The van der Waals surface area contributed by atoms with Crippen molar-refractivity contribution < 1.29 is 24.9 Å². The first-order chi connectivity index (χ1) is 12.0. The number of carboxylic acid groups (broad SMARTS) is 2. The van der Waals surface area contributed by atoms with Crippen LogP contribution in [0.15, 0.2) is 12.2 Å². The van der Waals surface area contributed by atoms with Crippen LogP contribution in [0, 0.1) is 0 Å². The normalized spacial score (nSPS) is 10.5. The Balaban J connectivity index is 0. The Morgan fingerprint density at radius 1 is 0.680 bits per heavy atom. The topological polar surface area (TPSA) is 94.8 Å². The summed E-state index contributed by atoms with van der Waals surface area (Å²) < 4.78 is 0. The molecule has 5 heteroatoms. The fraction of sp³-hybridized carbons (Fsp3) is 0.800. The van der Waals surface area contributed by atoms with Gasteiger partial charge in [0.25, 0.3) is 0 Å². The molecule has 0 radical (unpaired) electrons. The lowest BCUT2D eigenvalue weighted by molar-refractivity contribution is -0.140. The van der Waals surface area contributed by atoms with E-state index in [1.165, 1.54) is 64.2 Å². The lowest BCUT2D eigenvalue weighted by Gasteiger charge is -2.00. The Bertz CT molecular complexity index is 326. The van der Waals surface area contributed by atoms with Crippen LogP contribution in [0.2, 0.25) is 0 Å². The predicted molar refractivity (Wildman–Crippen MR) is 102 cm³/mol. The van der Waals surface area contributed by atoms with Gasteiger partial charge in [0.2, 0.25) is 0 Å². The predicted octanol–water partition coefficient (Wildman–Crippen LogP) is 5.17. The molecule has 0 aliphatic carbocycles. The molecule has 0 aromatic heterocycles. The molecular weight excluding hydrogens is 320 g/mol. The zero-order valence-electron chi connectivity index (χ0n) is 15.9. The Hall–Kier alpha value is -1.36. The van der Waals surface area contributed by atoms with E-state index in [9.17, 15) is 4.79 Å². The molecule has 148 valence electrons. The number of hydrogen-bond donors (Lipinski definition) is 3. The van der Waals surface area contributed by atoms with Gasteiger partial charge in [0.1, 0.15) is 6.61 Å². The Morgan fingerprint density at radius 2 is 1.08 bits per heavy atom. The fourth-order valence-electron chi connectivity index (χ4n) is 2.35. The van der Waals surface area contributed by atoms with Gasteiger partial charge < -0.3 is 15.3 Å². The highest BCUT2D eigenvalue weighted by atomic mass is 16.4. The molecule has 0 heterocycles. The molecule has 0 bridgehead atoms. The molecule has 0 fully saturated rings. The number of unbranched alkanes of at least 4 members (excludes halogenated alkanes) is 11. The van der Waals surface area contributed by atoms with Gasteiger partial charge in [0.05, 0.1) is 0 Å². The molecule has 0 aliphatic heterocycles. The largest absolute Gasteiger partial charge is 0.481 e. The fourth-order valence-corrected chi connectivity index (χ4v) is 2.35. The van der Waals surface area contributed by atoms with Crippen molar-refractivity contribution in [3.63, 3.8) is 0 Å². The van der Waals surface area contributed by atoms with E-state index in [0.29, 0.717) is 6.42 Å². The van der Waals surface area contributed by atoms with E-state index >= 15 is 0 Å².